The van der Waals surface area contributed by atoms with Crippen LogP contribution in [0.15, 0.2) is 47.0 Å². The van der Waals surface area contributed by atoms with Gasteiger partial charge < -0.3 is 13.9 Å². The number of benzene rings is 2. The molecule has 3 aromatic rings. The fraction of sp³-hybridized carbons (Fsp3) is 0.320. The molecule has 1 unspecified atom stereocenters. The van der Waals surface area contributed by atoms with Crippen molar-refractivity contribution >= 4 is 23.4 Å². The molecule has 0 fully saturated rings. The maximum Gasteiger partial charge on any atom is 0.573 e. The van der Waals surface area contributed by atoms with E-state index in [9.17, 15) is 27.2 Å². The maximum atomic E-state index is 13.9. The summed E-state index contributed by atoms with van der Waals surface area (Å²) >= 11 is 5.70. The number of carbonyl (C=O) groups is 2. The summed E-state index contributed by atoms with van der Waals surface area (Å²) in [5.74, 6) is -3.22. The quantitative estimate of drug-likeness (QED) is 0.145. The number of nitrogens with one attached hydrogen (secondary N) is 2. The van der Waals surface area contributed by atoms with Crippen LogP contribution in [-0.2, 0) is 4.79 Å². The number of rotatable bonds is 10. The molecule has 0 aliphatic carbocycles. The minimum Gasteiger partial charge on any atom is -0.496 e. The van der Waals surface area contributed by atoms with Crippen LogP contribution in [0, 0.1) is 12.7 Å². The van der Waals surface area contributed by atoms with Gasteiger partial charge in [-0.05, 0) is 48.7 Å². The van der Waals surface area contributed by atoms with E-state index in [0.717, 1.165) is 12.1 Å². The maximum absolute atomic E-state index is 13.9. The van der Waals surface area contributed by atoms with E-state index in [4.69, 9.17) is 20.8 Å². The first-order valence-corrected chi connectivity index (χ1v) is 11.9. The second-order valence-electron chi connectivity index (χ2n) is 8.08. The second-order valence-corrected chi connectivity index (χ2v) is 8.45. The van der Waals surface area contributed by atoms with Crippen molar-refractivity contribution in [3.8, 4) is 22.8 Å². The van der Waals surface area contributed by atoms with Gasteiger partial charge in [0.1, 0.15) is 5.75 Å². The number of hydrogen-bond acceptors (Lipinski definition) is 6. The van der Waals surface area contributed by atoms with Crippen molar-refractivity contribution in [2.75, 3.05) is 13.0 Å². The van der Waals surface area contributed by atoms with Gasteiger partial charge in [-0.15, -0.1) is 24.8 Å². The SMILES string of the molecule is COc1cc(C(=O)NNC(=O)C(CCCCCl)c2ccc(F)c(OC(F)(F)F)c2)ccc1-c1cnc(C)o1. The minimum absolute atomic E-state index is 0.0698. The molecule has 8 nitrogen and oxygen atoms in total. The van der Waals surface area contributed by atoms with Crippen molar-refractivity contribution in [1.82, 2.24) is 15.8 Å². The van der Waals surface area contributed by atoms with Crippen LogP contribution >= 0.6 is 11.6 Å². The average Bonchev–Trinajstić information content (AvgIpc) is 3.31. The largest absolute Gasteiger partial charge is 0.573 e. The summed E-state index contributed by atoms with van der Waals surface area (Å²) in [6.07, 6.45) is -2.46. The topological polar surface area (TPSA) is 103 Å². The van der Waals surface area contributed by atoms with Crippen LogP contribution in [-0.4, -0.2) is 36.2 Å². The van der Waals surface area contributed by atoms with Crippen molar-refractivity contribution in [3.63, 3.8) is 0 Å². The summed E-state index contributed by atoms with van der Waals surface area (Å²) in [7, 11) is 1.41. The van der Waals surface area contributed by atoms with Gasteiger partial charge in [-0.2, -0.15) is 0 Å². The van der Waals surface area contributed by atoms with Crippen LogP contribution in [0.25, 0.3) is 11.3 Å². The molecule has 1 aromatic heterocycles. The zero-order valence-corrected chi connectivity index (χ0v) is 21.1. The zero-order valence-electron chi connectivity index (χ0n) is 20.3. The van der Waals surface area contributed by atoms with Gasteiger partial charge in [0.05, 0.1) is 24.8 Å². The number of hydrazine groups is 1. The van der Waals surface area contributed by atoms with Crippen molar-refractivity contribution in [3.05, 3.63) is 65.4 Å². The molecule has 2 amide bonds. The Morgan fingerprint density at radius 3 is 2.50 bits per heavy atom. The Hall–Kier alpha value is -3.80. The number of nitrogens with zero attached hydrogens (tertiary/aromatic N) is 1. The molecule has 0 spiro atoms. The summed E-state index contributed by atoms with van der Waals surface area (Å²) in [4.78, 5) is 29.7. The summed E-state index contributed by atoms with van der Waals surface area (Å²) < 4.78 is 66.4. The Bertz CT molecular complexity index is 1280. The molecular formula is C25H24ClF4N3O5. The van der Waals surface area contributed by atoms with E-state index in [1.165, 1.54) is 31.5 Å². The second kappa shape index (κ2) is 12.6. The number of ether oxygens (including phenoxy) is 2. The number of alkyl halides is 4. The first kappa shape index (κ1) is 28.8. The van der Waals surface area contributed by atoms with E-state index < -0.39 is 35.7 Å². The van der Waals surface area contributed by atoms with Crippen molar-refractivity contribution < 1.29 is 41.0 Å². The highest BCUT2D eigenvalue weighted by molar-refractivity contribution is 6.17. The molecule has 13 heteroatoms. The Balaban J connectivity index is 1.76. The lowest BCUT2D eigenvalue weighted by atomic mass is 9.92. The Kier molecular flexibility index (Phi) is 9.56. The highest BCUT2D eigenvalue weighted by Gasteiger charge is 2.33. The lowest BCUT2D eigenvalue weighted by molar-refractivity contribution is -0.275. The summed E-state index contributed by atoms with van der Waals surface area (Å²) in [5.41, 5.74) is 5.32. The molecule has 1 heterocycles. The number of hydrogen-bond donors (Lipinski definition) is 2. The Morgan fingerprint density at radius 2 is 1.87 bits per heavy atom. The third-order valence-corrected chi connectivity index (χ3v) is 5.69. The molecule has 0 radical (unpaired) electrons. The molecule has 2 aromatic carbocycles. The fourth-order valence-electron chi connectivity index (χ4n) is 3.63. The van der Waals surface area contributed by atoms with Crippen LogP contribution < -0.4 is 20.3 Å². The number of amides is 2. The average molecular weight is 558 g/mol. The van der Waals surface area contributed by atoms with E-state index in [1.807, 2.05) is 0 Å². The lowest BCUT2D eigenvalue weighted by Gasteiger charge is -2.19. The van der Waals surface area contributed by atoms with Crippen molar-refractivity contribution in [2.45, 2.75) is 38.5 Å². The molecule has 2 N–H and O–H groups in total. The van der Waals surface area contributed by atoms with Crippen LogP contribution in [0.5, 0.6) is 11.5 Å². The monoisotopic (exact) mass is 557 g/mol. The number of halogens is 5. The third-order valence-electron chi connectivity index (χ3n) is 5.43. The third kappa shape index (κ3) is 7.60. The van der Waals surface area contributed by atoms with Gasteiger partial charge in [-0.1, -0.05) is 12.5 Å². The molecule has 0 saturated carbocycles. The van der Waals surface area contributed by atoms with E-state index in [-0.39, 0.29) is 17.5 Å². The molecule has 3 rings (SSSR count). The summed E-state index contributed by atoms with van der Waals surface area (Å²) in [5, 5.41) is 0. The van der Waals surface area contributed by atoms with Gasteiger partial charge in [0.15, 0.2) is 23.2 Å². The predicted molar refractivity (Wildman–Crippen MR) is 129 cm³/mol. The van der Waals surface area contributed by atoms with E-state index in [1.54, 1.807) is 13.0 Å². The van der Waals surface area contributed by atoms with E-state index in [2.05, 4.69) is 20.6 Å². The van der Waals surface area contributed by atoms with Crippen molar-refractivity contribution in [1.29, 1.82) is 0 Å². The normalized spacial score (nSPS) is 12.1. The number of aromatic nitrogens is 1. The van der Waals surface area contributed by atoms with Crippen LogP contribution in [0.1, 0.15) is 47.0 Å². The van der Waals surface area contributed by atoms with E-state index >= 15 is 0 Å². The summed E-state index contributed by atoms with van der Waals surface area (Å²) in [6.45, 7) is 1.68. The smallest absolute Gasteiger partial charge is 0.496 e. The molecule has 0 aliphatic heterocycles. The lowest BCUT2D eigenvalue weighted by Crippen LogP contribution is -2.44. The van der Waals surface area contributed by atoms with Crippen LogP contribution in [0.2, 0.25) is 0 Å². The molecule has 0 aliphatic rings. The highest BCUT2D eigenvalue weighted by Crippen LogP contribution is 2.32. The van der Waals surface area contributed by atoms with Gasteiger partial charge in [-0.25, -0.2) is 9.37 Å². The van der Waals surface area contributed by atoms with Gasteiger partial charge in [-0.3, -0.25) is 20.4 Å². The van der Waals surface area contributed by atoms with Crippen LogP contribution in [0.3, 0.4) is 0 Å². The first-order chi connectivity index (χ1) is 18.0. The Labute approximate surface area is 220 Å². The molecule has 0 saturated heterocycles. The Morgan fingerprint density at radius 1 is 1.11 bits per heavy atom. The summed E-state index contributed by atoms with van der Waals surface area (Å²) in [6, 6.07) is 7.28. The number of aryl methyl sites for hydroxylation is 1. The first-order valence-electron chi connectivity index (χ1n) is 11.3. The fourth-order valence-corrected chi connectivity index (χ4v) is 3.82. The zero-order chi connectivity index (χ0) is 27.9. The number of oxazole rings is 1. The molecule has 204 valence electrons. The number of methoxy groups -OCH3 is 1. The molecular weight excluding hydrogens is 534 g/mol. The molecule has 38 heavy (non-hydrogen) atoms. The van der Waals surface area contributed by atoms with Gasteiger partial charge in [0, 0.05) is 18.4 Å². The standard InChI is InChI=1S/C25H24ClF4N3O5/c1-14-31-13-22(37-14)18-8-6-16(12-20(18)36-2)23(34)32-33-24(35)17(5-3-4-10-26)15-7-9-19(27)21(11-15)38-25(28,29)30/h6-9,11-13,17H,3-5,10H2,1-2H3,(H,32,34)(H,33,35). The number of carbonyl (C=O) groups excluding carboxylic acids is 2. The molecule has 1 atom stereocenters. The van der Waals surface area contributed by atoms with Gasteiger partial charge >= 0.3 is 6.36 Å². The van der Waals surface area contributed by atoms with Gasteiger partial charge in [0.25, 0.3) is 5.91 Å². The minimum atomic E-state index is -5.12. The number of unbranched alkanes of at least 4 members (excludes halogenated alkanes) is 1. The van der Waals surface area contributed by atoms with Crippen molar-refractivity contribution in [2.24, 2.45) is 0 Å². The highest BCUT2D eigenvalue weighted by atomic mass is 35.5. The van der Waals surface area contributed by atoms with Gasteiger partial charge in [0.2, 0.25) is 5.91 Å². The predicted octanol–water partition coefficient (Wildman–Crippen LogP) is 5.65. The molecule has 0 bridgehead atoms. The van der Waals surface area contributed by atoms with Crippen LogP contribution in [0.4, 0.5) is 17.6 Å². The van der Waals surface area contributed by atoms with E-state index in [0.29, 0.717) is 41.7 Å².